The van der Waals surface area contributed by atoms with Crippen LogP contribution in [0.2, 0.25) is 0 Å². The minimum atomic E-state index is -4.37. The first kappa shape index (κ1) is 15.2. The van der Waals surface area contributed by atoms with Crippen LogP contribution in [0.1, 0.15) is 6.92 Å². The molecule has 20 heavy (non-hydrogen) atoms. The second-order valence-corrected chi connectivity index (χ2v) is 5.85. The molecule has 1 aliphatic heterocycles. The van der Waals surface area contributed by atoms with E-state index in [2.05, 4.69) is 10.6 Å². The molecule has 0 bridgehead atoms. The molecule has 1 aliphatic rings. The summed E-state index contributed by atoms with van der Waals surface area (Å²) in [5, 5.41) is 5.66. The lowest BCUT2D eigenvalue weighted by molar-refractivity contribution is -0.121. The number of rotatable bonds is 4. The van der Waals surface area contributed by atoms with E-state index in [4.69, 9.17) is 0 Å². The Balaban J connectivity index is 2.06. The molecule has 110 valence electrons. The van der Waals surface area contributed by atoms with E-state index >= 15 is 0 Å². The van der Waals surface area contributed by atoms with E-state index in [0.29, 0.717) is 0 Å². The van der Waals surface area contributed by atoms with Gasteiger partial charge in [-0.2, -0.15) is 13.2 Å². The number of halogens is 3. The van der Waals surface area contributed by atoms with Crippen molar-refractivity contribution < 1.29 is 18.0 Å². The zero-order chi connectivity index (χ0) is 14.8. The molecule has 0 aliphatic carbocycles. The number of hydrogen-bond acceptors (Lipinski definition) is 3. The van der Waals surface area contributed by atoms with Gasteiger partial charge in [0.1, 0.15) is 0 Å². The summed E-state index contributed by atoms with van der Waals surface area (Å²) in [6.07, 6.45) is 0. The van der Waals surface area contributed by atoms with Crippen molar-refractivity contribution in [2.24, 2.45) is 11.8 Å². The molecule has 1 aromatic carbocycles. The SMILES string of the molecule is CC(C(=O)Nc1ccccc1SC(F)(F)F)C1CNC1. The lowest BCUT2D eigenvalue weighted by atomic mass is 9.88. The van der Waals surface area contributed by atoms with Gasteiger partial charge in [0, 0.05) is 10.8 Å². The van der Waals surface area contributed by atoms with Crippen LogP contribution in [0, 0.1) is 11.8 Å². The Morgan fingerprint density at radius 2 is 2.05 bits per heavy atom. The van der Waals surface area contributed by atoms with E-state index in [9.17, 15) is 18.0 Å². The second-order valence-electron chi connectivity index (χ2n) is 4.74. The van der Waals surface area contributed by atoms with Gasteiger partial charge < -0.3 is 10.6 Å². The van der Waals surface area contributed by atoms with E-state index in [1.165, 1.54) is 18.2 Å². The molecule has 7 heteroatoms. The lowest BCUT2D eigenvalue weighted by Crippen LogP contribution is -2.48. The number of nitrogens with one attached hydrogen (secondary N) is 2. The highest BCUT2D eigenvalue weighted by atomic mass is 32.2. The Hall–Kier alpha value is -1.21. The molecule has 0 aromatic heterocycles. The minimum Gasteiger partial charge on any atom is -0.325 e. The van der Waals surface area contributed by atoms with Crippen LogP contribution >= 0.6 is 11.8 Å². The Morgan fingerprint density at radius 1 is 1.40 bits per heavy atom. The smallest absolute Gasteiger partial charge is 0.325 e. The van der Waals surface area contributed by atoms with E-state index in [1.54, 1.807) is 13.0 Å². The van der Waals surface area contributed by atoms with E-state index in [1.807, 2.05) is 0 Å². The predicted octanol–water partition coefficient (Wildman–Crippen LogP) is 3.09. The molecule has 1 saturated heterocycles. The summed E-state index contributed by atoms with van der Waals surface area (Å²) < 4.78 is 37.4. The Morgan fingerprint density at radius 3 is 2.60 bits per heavy atom. The molecular formula is C13H15F3N2OS. The van der Waals surface area contributed by atoms with Gasteiger partial charge in [0.25, 0.3) is 0 Å². The predicted molar refractivity (Wildman–Crippen MR) is 72.5 cm³/mol. The normalized spacial score (nSPS) is 17.4. The van der Waals surface area contributed by atoms with Crippen molar-refractivity contribution in [1.82, 2.24) is 5.32 Å². The van der Waals surface area contributed by atoms with Crippen LogP contribution in [0.3, 0.4) is 0 Å². The molecule has 0 spiro atoms. The zero-order valence-electron chi connectivity index (χ0n) is 10.8. The summed E-state index contributed by atoms with van der Waals surface area (Å²) in [7, 11) is 0. The van der Waals surface area contributed by atoms with Gasteiger partial charge in [-0.15, -0.1) is 0 Å². The molecule has 1 heterocycles. The van der Waals surface area contributed by atoms with Gasteiger partial charge in [-0.25, -0.2) is 0 Å². The average Bonchev–Trinajstić information content (AvgIpc) is 2.27. The molecule has 0 saturated carbocycles. The van der Waals surface area contributed by atoms with Crippen LogP contribution in [-0.2, 0) is 4.79 Å². The molecule has 1 aromatic rings. The first-order chi connectivity index (χ1) is 9.37. The molecule has 1 atom stereocenters. The molecule has 1 fully saturated rings. The average molecular weight is 304 g/mol. The summed E-state index contributed by atoms with van der Waals surface area (Å²) in [5.41, 5.74) is -4.16. The van der Waals surface area contributed by atoms with Crippen LogP contribution in [0.25, 0.3) is 0 Å². The van der Waals surface area contributed by atoms with Crippen molar-refractivity contribution in [1.29, 1.82) is 0 Å². The summed E-state index contributed by atoms with van der Waals surface area (Å²) in [6.45, 7) is 3.33. The highest BCUT2D eigenvalue weighted by Crippen LogP contribution is 2.40. The van der Waals surface area contributed by atoms with E-state index in [-0.39, 0.29) is 40.1 Å². The first-order valence-corrected chi connectivity index (χ1v) is 7.05. The van der Waals surface area contributed by atoms with Crippen LogP contribution < -0.4 is 10.6 Å². The van der Waals surface area contributed by atoms with Crippen molar-refractivity contribution in [3.05, 3.63) is 24.3 Å². The molecule has 0 radical (unpaired) electrons. The number of hydrogen-bond donors (Lipinski definition) is 2. The number of thioether (sulfide) groups is 1. The number of anilines is 1. The van der Waals surface area contributed by atoms with E-state index in [0.717, 1.165) is 13.1 Å². The number of para-hydroxylation sites is 1. The summed E-state index contributed by atoms with van der Waals surface area (Å²) in [6, 6.07) is 5.95. The van der Waals surface area contributed by atoms with Crippen LogP contribution in [0.15, 0.2) is 29.2 Å². The maximum Gasteiger partial charge on any atom is 0.446 e. The van der Waals surface area contributed by atoms with Crippen LogP contribution in [0.4, 0.5) is 18.9 Å². The number of carbonyl (C=O) groups is 1. The molecular weight excluding hydrogens is 289 g/mol. The monoisotopic (exact) mass is 304 g/mol. The minimum absolute atomic E-state index is 0.00674. The maximum absolute atomic E-state index is 12.5. The topological polar surface area (TPSA) is 41.1 Å². The van der Waals surface area contributed by atoms with Crippen molar-refractivity contribution in [3.63, 3.8) is 0 Å². The third kappa shape index (κ3) is 3.89. The van der Waals surface area contributed by atoms with Gasteiger partial charge in [-0.05, 0) is 42.9 Å². The Labute approximate surface area is 119 Å². The Bertz CT molecular complexity index is 489. The Kier molecular flexibility index (Phi) is 4.59. The van der Waals surface area contributed by atoms with Gasteiger partial charge in [-0.3, -0.25) is 4.79 Å². The van der Waals surface area contributed by atoms with Crippen molar-refractivity contribution in [3.8, 4) is 0 Å². The molecule has 2 rings (SSSR count). The van der Waals surface area contributed by atoms with Crippen molar-refractivity contribution >= 4 is 23.4 Å². The highest BCUT2D eigenvalue weighted by molar-refractivity contribution is 8.00. The van der Waals surface area contributed by atoms with Gasteiger partial charge in [-0.1, -0.05) is 19.1 Å². The number of alkyl halides is 3. The van der Waals surface area contributed by atoms with Crippen molar-refractivity contribution in [2.45, 2.75) is 17.3 Å². The number of carbonyl (C=O) groups excluding carboxylic acids is 1. The first-order valence-electron chi connectivity index (χ1n) is 6.23. The van der Waals surface area contributed by atoms with Gasteiger partial charge in [0.05, 0.1) is 5.69 Å². The van der Waals surface area contributed by atoms with Crippen LogP contribution in [0.5, 0.6) is 0 Å². The van der Waals surface area contributed by atoms with Gasteiger partial charge >= 0.3 is 5.51 Å². The fraction of sp³-hybridized carbons (Fsp3) is 0.462. The molecule has 1 unspecified atom stereocenters. The summed E-state index contributed by atoms with van der Waals surface area (Å²) in [5.74, 6) is -0.218. The third-order valence-corrected chi connectivity index (χ3v) is 4.11. The third-order valence-electron chi connectivity index (χ3n) is 3.30. The largest absolute Gasteiger partial charge is 0.446 e. The summed E-state index contributed by atoms with van der Waals surface area (Å²) in [4.78, 5) is 12.0. The quantitative estimate of drug-likeness (QED) is 0.840. The van der Waals surface area contributed by atoms with Crippen LogP contribution in [-0.4, -0.2) is 24.5 Å². The van der Waals surface area contributed by atoms with Gasteiger partial charge in [0.15, 0.2) is 0 Å². The molecule has 1 amide bonds. The highest BCUT2D eigenvalue weighted by Gasteiger charge is 2.32. The fourth-order valence-electron chi connectivity index (χ4n) is 1.91. The second kappa shape index (κ2) is 6.05. The van der Waals surface area contributed by atoms with E-state index < -0.39 is 5.51 Å². The standard InChI is InChI=1S/C13H15F3N2OS/c1-8(9-6-17-7-9)12(19)18-10-4-2-3-5-11(10)20-13(14,15)16/h2-5,8-9,17H,6-7H2,1H3,(H,18,19). The van der Waals surface area contributed by atoms with Gasteiger partial charge in [0.2, 0.25) is 5.91 Å². The molecule has 2 N–H and O–H groups in total. The zero-order valence-corrected chi connectivity index (χ0v) is 11.6. The lowest BCUT2D eigenvalue weighted by Gasteiger charge is -2.31. The van der Waals surface area contributed by atoms with Crippen molar-refractivity contribution in [2.75, 3.05) is 18.4 Å². The number of benzene rings is 1. The summed E-state index contributed by atoms with van der Waals surface area (Å²) >= 11 is -0.218. The molecule has 3 nitrogen and oxygen atoms in total. The fourth-order valence-corrected chi connectivity index (χ4v) is 2.53. The maximum atomic E-state index is 12.5. The number of amides is 1.